The van der Waals surface area contributed by atoms with Crippen LogP contribution in [-0.4, -0.2) is 39.1 Å². The fourth-order valence-corrected chi connectivity index (χ4v) is 2.20. The molecule has 1 rings (SSSR count). The van der Waals surface area contributed by atoms with E-state index < -0.39 is 15.0 Å². The highest BCUT2D eigenvalue weighted by Gasteiger charge is 2.20. The number of ether oxygens (including phenoxy) is 1. The van der Waals surface area contributed by atoms with Gasteiger partial charge in [0.05, 0.1) is 12.6 Å². The van der Waals surface area contributed by atoms with Gasteiger partial charge < -0.3 is 15.0 Å². The Balaban J connectivity index is 2.80. The quantitative estimate of drug-likeness (QED) is 0.776. The molecule has 0 aliphatic heterocycles. The largest absolute Gasteiger partial charge is 0.383 e. The van der Waals surface area contributed by atoms with Crippen LogP contribution >= 0.6 is 10.7 Å². The minimum Gasteiger partial charge on any atom is -0.383 e. The van der Waals surface area contributed by atoms with E-state index in [1.54, 1.807) is 7.11 Å². The number of H-pyrrole nitrogens is 1. The Kier molecular flexibility index (Phi) is 5.39. The van der Waals surface area contributed by atoms with E-state index in [2.05, 4.69) is 10.3 Å². The Morgan fingerprint density at radius 3 is 2.58 bits per heavy atom. The van der Waals surface area contributed by atoms with E-state index in [1.807, 2.05) is 13.8 Å². The molecule has 108 valence electrons. The van der Waals surface area contributed by atoms with Crippen molar-refractivity contribution in [1.29, 1.82) is 0 Å². The summed E-state index contributed by atoms with van der Waals surface area (Å²) >= 11 is 0. The summed E-state index contributed by atoms with van der Waals surface area (Å²) in [6.45, 7) is 4.28. The van der Waals surface area contributed by atoms with Crippen molar-refractivity contribution in [1.82, 2.24) is 10.3 Å². The molecule has 0 aliphatic carbocycles. The van der Waals surface area contributed by atoms with Crippen LogP contribution in [0.15, 0.2) is 17.2 Å². The molecule has 0 saturated heterocycles. The topological polar surface area (TPSA) is 88.3 Å². The van der Waals surface area contributed by atoms with Crippen LogP contribution in [0.3, 0.4) is 0 Å². The lowest BCUT2D eigenvalue weighted by Crippen LogP contribution is -2.41. The van der Waals surface area contributed by atoms with Gasteiger partial charge >= 0.3 is 0 Å². The van der Waals surface area contributed by atoms with Crippen LogP contribution in [0.2, 0.25) is 0 Å². The van der Waals surface area contributed by atoms with Gasteiger partial charge in [-0.25, -0.2) is 8.42 Å². The summed E-state index contributed by atoms with van der Waals surface area (Å²) in [5, 5.41) is 2.77. The van der Waals surface area contributed by atoms with Gasteiger partial charge in [-0.1, -0.05) is 13.8 Å². The second-order valence-corrected chi connectivity index (χ2v) is 7.03. The van der Waals surface area contributed by atoms with Crippen LogP contribution in [0.1, 0.15) is 24.3 Å². The first kappa shape index (κ1) is 16.0. The number of methoxy groups -OCH3 is 1. The van der Waals surface area contributed by atoms with Crippen LogP contribution in [-0.2, 0) is 13.8 Å². The molecule has 1 atom stereocenters. The number of nitrogens with one attached hydrogen (secondary N) is 2. The zero-order chi connectivity index (χ0) is 14.6. The molecule has 0 aromatic carbocycles. The molecule has 0 radical (unpaired) electrons. The van der Waals surface area contributed by atoms with Gasteiger partial charge in [0.25, 0.3) is 15.0 Å². The molecule has 1 unspecified atom stereocenters. The van der Waals surface area contributed by atoms with Gasteiger partial charge in [-0.3, -0.25) is 4.79 Å². The lowest BCUT2D eigenvalue weighted by Gasteiger charge is -2.21. The van der Waals surface area contributed by atoms with Crippen molar-refractivity contribution in [2.24, 2.45) is 5.92 Å². The number of rotatable bonds is 6. The van der Waals surface area contributed by atoms with Crippen molar-refractivity contribution in [3.05, 3.63) is 18.0 Å². The third-order valence-electron chi connectivity index (χ3n) is 2.65. The average Bonchev–Trinajstić information content (AvgIpc) is 2.76. The van der Waals surface area contributed by atoms with E-state index in [0.29, 0.717) is 6.61 Å². The molecule has 8 heteroatoms. The number of aromatic nitrogens is 1. The molecule has 0 spiro atoms. The van der Waals surface area contributed by atoms with Crippen molar-refractivity contribution in [2.45, 2.75) is 24.8 Å². The first-order valence-corrected chi connectivity index (χ1v) is 7.99. The molecule has 0 fully saturated rings. The van der Waals surface area contributed by atoms with Crippen molar-refractivity contribution < 1.29 is 17.9 Å². The molecular weight excluding hydrogens is 292 g/mol. The molecule has 1 amide bonds. The zero-order valence-electron chi connectivity index (χ0n) is 10.9. The smallest absolute Gasteiger partial charge is 0.268 e. The van der Waals surface area contributed by atoms with Crippen LogP contribution in [0.4, 0.5) is 0 Å². The standard InChI is InChI=1S/C11H17ClN2O4S/c1-7(2)10(6-18-3)14-11(15)9-4-8(5-13-9)19(12,16)17/h4-5,7,10,13H,6H2,1-3H3,(H,14,15). The van der Waals surface area contributed by atoms with E-state index in [1.165, 1.54) is 12.3 Å². The molecule has 1 heterocycles. The minimum absolute atomic E-state index is 0.132. The summed E-state index contributed by atoms with van der Waals surface area (Å²) < 4.78 is 27.2. The molecule has 1 aromatic heterocycles. The Labute approximate surface area is 116 Å². The Bertz CT molecular complexity index is 539. The number of carbonyl (C=O) groups excluding carboxylic acids is 1. The SMILES string of the molecule is COCC(NC(=O)c1cc(S(=O)(=O)Cl)c[nH]1)C(C)C. The lowest BCUT2D eigenvalue weighted by molar-refractivity contribution is 0.0862. The molecule has 2 N–H and O–H groups in total. The average molecular weight is 309 g/mol. The summed E-state index contributed by atoms with van der Waals surface area (Å²) in [5.41, 5.74) is 0.140. The van der Waals surface area contributed by atoms with E-state index >= 15 is 0 Å². The van der Waals surface area contributed by atoms with Gasteiger partial charge in [-0.2, -0.15) is 0 Å². The summed E-state index contributed by atoms with van der Waals surface area (Å²) in [4.78, 5) is 14.4. The fraction of sp³-hybridized carbons (Fsp3) is 0.545. The fourth-order valence-electron chi connectivity index (χ4n) is 1.47. The van der Waals surface area contributed by atoms with Gasteiger partial charge in [0.1, 0.15) is 10.6 Å². The first-order chi connectivity index (χ1) is 8.75. The summed E-state index contributed by atoms with van der Waals surface area (Å²) in [6, 6.07) is 1.04. The third-order valence-corrected chi connectivity index (χ3v) is 3.98. The second-order valence-electron chi connectivity index (χ2n) is 4.47. The predicted octanol–water partition coefficient (Wildman–Crippen LogP) is 1.34. The van der Waals surface area contributed by atoms with Crippen LogP contribution in [0.5, 0.6) is 0 Å². The number of halogens is 1. The van der Waals surface area contributed by atoms with Crippen LogP contribution in [0.25, 0.3) is 0 Å². The van der Waals surface area contributed by atoms with Gasteiger partial charge in [0, 0.05) is 24.0 Å². The molecule has 0 aliphatic rings. The number of hydrogen-bond acceptors (Lipinski definition) is 4. The Hall–Kier alpha value is -1.05. The van der Waals surface area contributed by atoms with Gasteiger partial charge in [-0.15, -0.1) is 0 Å². The molecule has 1 aromatic rings. The predicted molar refractivity (Wildman–Crippen MR) is 71.8 cm³/mol. The molecule has 6 nitrogen and oxygen atoms in total. The van der Waals surface area contributed by atoms with Gasteiger partial charge in [0.15, 0.2) is 0 Å². The van der Waals surface area contributed by atoms with E-state index in [0.717, 1.165) is 0 Å². The number of amides is 1. The maximum absolute atomic E-state index is 11.9. The van der Waals surface area contributed by atoms with Crippen molar-refractivity contribution in [3.63, 3.8) is 0 Å². The minimum atomic E-state index is -3.83. The summed E-state index contributed by atoms with van der Waals surface area (Å²) in [5.74, 6) is -0.211. The summed E-state index contributed by atoms with van der Waals surface area (Å²) in [6.07, 6.45) is 1.18. The molecular formula is C11H17ClN2O4S. The Morgan fingerprint density at radius 1 is 1.53 bits per heavy atom. The molecule has 0 bridgehead atoms. The maximum atomic E-state index is 11.9. The van der Waals surface area contributed by atoms with Crippen LogP contribution < -0.4 is 5.32 Å². The lowest BCUT2D eigenvalue weighted by atomic mass is 10.1. The van der Waals surface area contributed by atoms with Gasteiger partial charge in [-0.05, 0) is 12.0 Å². The molecule has 0 saturated carbocycles. The number of hydrogen-bond donors (Lipinski definition) is 2. The Morgan fingerprint density at radius 2 is 2.16 bits per heavy atom. The van der Waals surface area contributed by atoms with E-state index in [4.69, 9.17) is 15.4 Å². The number of aromatic amines is 1. The highest BCUT2D eigenvalue weighted by atomic mass is 35.7. The number of carbonyl (C=O) groups is 1. The van der Waals surface area contributed by atoms with E-state index in [-0.39, 0.29) is 22.5 Å². The van der Waals surface area contributed by atoms with Crippen molar-refractivity contribution in [2.75, 3.05) is 13.7 Å². The second kappa shape index (κ2) is 6.40. The normalized spacial score (nSPS) is 13.5. The zero-order valence-corrected chi connectivity index (χ0v) is 12.5. The monoisotopic (exact) mass is 308 g/mol. The summed E-state index contributed by atoms with van der Waals surface area (Å²) in [7, 11) is 2.90. The highest BCUT2D eigenvalue weighted by molar-refractivity contribution is 8.13. The molecule has 19 heavy (non-hydrogen) atoms. The first-order valence-electron chi connectivity index (χ1n) is 5.68. The van der Waals surface area contributed by atoms with Crippen molar-refractivity contribution in [3.8, 4) is 0 Å². The van der Waals surface area contributed by atoms with E-state index in [9.17, 15) is 13.2 Å². The highest BCUT2D eigenvalue weighted by Crippen LogP contribution is 2.16. The van der Waals surface area contributed by atoms with Crippen LogP contribution in [0, 0.1) is 5.92 Å². The van der Waals surface area contributed by atoms with Gasteiger partial charge in [0.2, 0.25) is 0 Å². The van der Waals surface area contributed by atoms with Crippen molar-refractivity contribution >= 4 is 25.6 Å². The maximum Gasteiger partial charge on any atom is 0.268 e. The third kappa shape index (κ3) is 4.52.